The number of carbonyl (C=O) groups excluding carboxylic acids is 2. The highest BCUT2D eigenvalue weighted by Crippen LogP contribution is 2.25. The Kier molecular flexibility index (Phi) is 5.58. The summed E-state index contributed by atoms with van der Waals surface area (Å²) in [5, 5.41) is 7.57. The van der Waals surface area contributed by atoms with Crippen LogP contribution in [0.25, 0.3) is 27.9 Å². The molecule has 0 aliphatic heterocycles. The molecule has 3 aromatic carbocycles. The number of rotatable bonds is 6. The quantitative estimate of drug-likeness (QED) is 0.272. The van der Waals surface area contributed by atoms with Crippen molar-refractivity contribution >= 4 is 45.4 Å². The van der Waals surface area contributed by atoms with Crippen LogP contribution in [0.4, 0.5) is 5.69 Å². The van der Waals surface area contributed by atoms with E-state index in [1.807, 2.05) is 54.7 Å². The van der Waals surface area contributed by atoms with E-state index in [-0.39, 0.29) is 11.6 Å². The van der Waals surface area contributed by atoms with Crippen molar-refractivity contribution in [1.82, 2.24) is 15.3 Å². The molecule has 0 unspecified atom stereocenters. The summed E-state index contributed by atoms with van der Waals surface area (Å²) in [6.07, 6.45) is 5.28. The Morgan fingerprint density at radius 2 is 1.76 bits per heavy atom. The molecule has 2 aromatic heterocycles. The highest BCUT2D eigenvalue weighted by molar-refractivity contribution is 6.12. The van der Waals surface area contributed by atoms with Gasteiger partial charge in [-0.05, 0) is 60.0 Å². The van der Waals surface area contributed by atoms with Gasteiger partial charge in [0.25, 0.3) is 11.8 Å². The van der Waals surface area contributed by atoms with E-state index >= 15 is 0 Å². The first-order chi connectivity index (χ1) is 16.6. The summed E-state index contributed by atoms with van der Waals surface area (Å²) in [5.74, 6) is -0.119. The summed E-state index contributed by atoms with van der Waals surface area (Å²) in [6.45, 7) is 0. The van der Waals surface area contributed by atoms with Gasteiger partial charge in [0.05, 0.1) is 7.11 Å². The fourth-order valence-corrected chi connectivity index (χ4v) is 3.79. The first kappa shape index (κ1) is 21.1. The number of methoxy groups -OCH3 is 1. The highest BCUT2D eigenvalue weighted by atomic mass is 16.5. The topological polar surface area (TPSA) is 99.0 Å². The van der Waals surface area contributed by atoms with Crippen LogP contribution in [0, 0.1) is 0 Å². The lowest BCUT2D eigenvalue weighted by atomic mass is 10.1. The smallest absolute Gasteiger partial charge is 0.272 e. The molecular formula is C27H22N4O3. The zero-order chi connectivity index (χ0) is 23.5. The van der Waals surface area contributed by atoms with Crippen LogP contribution in [0.15, 0.2) is 90.9 Å². The molecule has 2 heterocycles. The molecule has 0 radical (unpaired) electrons. The van der Waals surface area contributed by atoms with Crippen LogP contribution in [0.2, 0.25) is 0 Å². The molecule has 2 amide bonds. The summed E-state index contributed by atoms with van der Waals surface area (Å²) in [4.78, 5) is 32.5. The van der Waals surface area contributed by atoms with E-state index in [4.69, 9.17) is 4.74 Å². The van der Waals surface area contributed by atoms with Crippen LogP contribution >= 0.6 is 0 Å². The average molecular weight is 450 g/mol. The van der Waals surface area contributed by atoms with Crippen molar-refractivity contribution in [3.05, 3.63) is 102 Å². The maximum Gasteiger partial charge on any atom is 0.272 e. The van der Waals surface area contributed by atoms with E-state index in [2.05, 4.69) is 20.6 Å². The second-order valence-corrected chi connectivity index (χ2v) is 7.77. The monoisotopic (exact) mass is 450 g/mol. The molecule has 0 aliphatic rings. The molecule has 4 N–H and O–H groups in total. The zero-order valence-corrected chi connectivity index (χ0v) is 18.4. The van der Waals surface area contributed by atoms with Gasteiger partial charge in [-0.2, -0.15) is 0 Å². The number of hydrogen-bond donors (Lipinski definition) is 4. The maximum absolute atomic E-state index is 13.3. The third-order valence-corrected chi connectivity index (χ3v) is 5.56. The number of aromatic amines is 2. The third-order valence-electron chi connectivity index (χ3n) is 5.56. The highest BCUT2D eigenvalue weighted by Gasteiger charge is 2.16. The van der Waals surface area contributed by atoms with Crippen LogP contribution in [-0.2, 0) is 4.79 Å². The first-order valence-electron chi connectivity index (χ1n) is 10.7. The van der Waals surface area contributed by atoms with Gasteiger partial charge in [-0.3, -0.25) is 9.59 Å². The number of fused-ring (bicyclic) bond motifs is 2. The first-order valence-corrected chi connectivity index (χ1v) is 10.7. The number of benzene rings is 3. The van der Waals surface area contributed by atoms with Gasteiger partial charge in [0.15, 0.2) is 0 Å². The number of amides is 2. The van der Waals surface area contributed by atoms with E-state index in [1.165, 1.54) is 0 Å². The van der Waals surface area contributed by atoms with Crippen molar-refractivity contribution in [1.29, 1.82) is 0 Å². The fourth-order valence-electron chi connectivity index (χ4n) is 3.79. The van der Waals surface area contributed by atoms with E-state index in [9.17, 15) is 9.59 Å². The van der Waals surface area contributed by atoms with Gasteiger partial charge in [-0.25, -0.2) is 0 Å². The van der Waals surface area contributed by atoms with Crippen molar-refractivity contribution in [2.75, 3.05) is 12.4 Å². The molecule has 34 heavy (non-hydrogen) atoms. The van der Waals surface area contributed by atoms with Crippen molar-refractivity contribution in [2.24, 2.45) is 0 Å². The number of hydrogen-bond acceptors (Lipinski definition) is 3. The van der Waals surface area contributed by atoms with Gasteiger partial charge in [-0.15, -0.1) is 0 Å². The molecule has 0 saturated heterocycles. The normalized spacial score (nSPS) is 11.5. The number of anilines is 1. The minimum Gasteiger partial charge on any atom is -0.497 e. The lowest BCUT2D eigenvalue weighted by molar-refractivity contribution is -0.113. The lowest BCUT2D eigenvalue weighted by Crippen LogP contribution is -2.30. The predicted octanol–water partition coefficient (Wildman–Crippen LogP) is 5.07. The molecule has 5 aromatic rings. The van der Waals surface area contributed by atoms with E-state index < -0.39 is 5.91 Å². The van der Waals surface area contributed by atoms with Crippen molar-refractivity contribution in [2.45, 2.75) is 0 Å². The molecule has 0 fully saturated rings. The number of ether oxygens (including phenoxy) is 1. The number of nitrogens with one attached hydrogen (secondary N) is 4. The Morgan fingerprint density at radius 3 is 2.59 bits per heavy atom. The molecule has 7 heteroatoms. The Labute approximate surface area is 195 Å². The average Bonchev–Trinajstić information content (AvgIpc) is 3.50. The third kappa shape index (κ3) is 4.27. The van der Waals surface area contributed by atoms with Crippen LogP contribution in [0.3, 0.4) is 0 Å². The summed E-state index contributed by atoms with van der Waals surface area (Å²) in [7, 11) is 1.60. The molecule has 7 nitrogen and oxygen atoms in total. The Bertz CT molecular complexity index is 1530. The summed E-state index contributed by atoms with van der Waals surface area (Å²) < 4.78 is 5.34. The Morgan fingerprint density at radius 1 is 0.912 bits per heavy atom. The maximum atomic E-state index is 13.3. The molecule has 168 valence electrons. The second kappa shape index (κ2) is 8.99. The Balaban J connectivity index is 1.51. The molecule has 0 bridgehead atoms. The van der Waals surface area contributed by atoms with Gasteiger partial charge in [-0.1, -0.05) is 24.3 Å². The summed E-state index contributed by atoms with van der Waals surface area (Å²) in [6, 6.07) is 21.9. The minimum atomic E-state index is -0.438. The van der Waals surface area contributed by atoms with Gasteiger partial charge >= 0.3 is 0 Å². The predicted molar refractivity (Wildman–Crippen MR) is 134 cm³/mol. The van der Waals surface area contributed by atoms with Gasteiger partial charge in [0.1, 0.15) is 11.4 Å². The molecular weight excluding hydrogens is 428 g/mol. The molecule has 0 saturated carbocycles. The van der Waals surface area contributed by atoms with Crippen LogP contribution in [0.5, 0.6) is 5.75 Å². The fraction of sp³-hybridized carbons (Fsp3) is 0.0370. The molecule has 0 atom stereocenters. The number of H-pyrrole nitrogens is 2. The lowest BCUT2D eigenvalue weighted by Gasteiger charge is -2.11. The number of aromatic nitrogens is 2. The second-order valence-electron chi connectivity index (χ2n) is 7.77. The van der Waals surface area contributed by atoms with Gasteiger partial charge < -0.3 is 25.3 Å². The molecule has 0 spiro atoms. The summed E-state index contributed by atoms with van der Waals surface area (Å²) >= 11 is 0. The van der Waals surface area contributed by atoms with Crippen LogP contribution in [0.1, 0.15) is 15.9 Å². The van der Waals surface area contributed by atoms with Crippen LogP contribution in [-0.4, -0.2) is 28.9 Å². The van der Waals surface area contributed by atoms with Crippen molar-refractivity contribution in [3.63, 3.8) is 0 Å². The molecule has 0 aliphatic carbocycles. The summed E-state index contributed by atoms with van der Waals surface area (Å²) in [5.41, 5.74) is 3.71. The van der Waals surface area contributed by atoms with Crippen LogP contribution < -0.4 is 15.4 Å². The van der Waals surface area contributed by atoms with E-state index in [0.717, 1.165) is 27.4 Å². The van der Waals surface area contributed by atoms with E-state index in [1.54, 1.807) is 43.6 Å². The SMILES string of the molecule is COc1ccc2[nH]cc(/C=C(\NC(=O)c3ccccc3)C(=O)Nc3ccc4cc[nH]c4c3)c2c1. The Hall–Kier alpha value is -4.78. The van der Waals surface area contributed by atoms with Gasteiger partial charge in [0, 0.05) is 45.6 Å². The van der Waals surface area contributed by atoms with Crippen molar-refractivity contribution in [3.8, 4) is 5.75 Å². The minimum absolute atomic E-state index is 0.115. The standard InChI is InChI=1S/C27H22N4O3/c1-34-21-9-10-23-22(15-21)19(16-29-23)13-25(31-26(32)18-5-3-2-4-6-18)27(33)30-20-8-7-17-11-12-28-24(17)14-20/h2-16,28-29H,1H3,(H,30,33)(H,31,32)/b25-13-. The van der Waals surface area contributed by atoms with Crippen molar-refractivity contribution < 1.29 is 14.3 Å². The number of carbonyl (C=O) groups is 2. The van der Waals surface area contributed by atoms with E-state index in [0.29, 0.717) is 17.0 Å². The largest absolute Gasteiger partial charge is 0.497 e. The zero-order valence-electron chi connectivity index (χ0n) is 18.4. The van der Waals surface area contributed by atoms with Gasteiger partial charge in [0.2, 0.25) is 0 Å². The molecule has 5 rings (SSSR count).